The second-order valence-corrected chi connectivity index (χ2v) is 8.24. The average Bonchev–Trinajstić information content (AvgIpc) is 3.16. The minimum absolute atomic E-state index is 0.216. The first-order chi connectivity index (χ1) is 14.7. The van der Waals surface area contributed by atoms with Crippen molar-refractivity contribution in [1.82, 2.24) is 4.98 Å². The number of aryl methyl sites for hydroxylation is 1. The summed E-state index contributed by atoms with van der Waals surface area (Å²) < 4.78 is 13.5. The second-order valence-electron chi connectivity index (χ2n) is 8.24. The number of nitrogens with zero attached hydrogens (tertiary/aromatic N) is 1. The summed E-state index contributed by atoms with van der Waals surface area (Å²) in [6, 6.07) is 11.5. The van der Waals surface area contributed by atoms with E-state index in [2.05, 4.69) is 41.9 Å². The number of rotatable bonds is 7. The van der Waals surface area contributed by atoms with E-state index >= 15 is 0 Å². The summed E-state index contributed by atoms with van der Waals surface area (Å²) in [7, 11) is 0. The molecule has 2 aromatic carbocycles. The summed E-state index contributed by atoms with van der Waals surface area (Å²) in [6.45, 7) is 4.18. The van der Waals surface area contributed by atoms with E-state index in [1.54, 1.807) is 6.07 Å². The summed E-state index contributed by atoms with van der Waals surface area (Å²) in [4.78, 5) is 8.21. The Morgan fingerprint density at radius 1 is 1.13 bits per heavy atom. The number of fused-ring (bicyclic) bond motifs is 2. The molecule has 1 aliphatic heterocycles. The Hall–Kier alpha value is -2.86. The van der Waals surface area contributed by atoms with Gasteiger partial charge in [0.1, 0.15) is 5.82 Å². The van der Waals surface area contributed by atoms with Gasteiger partial charge in [-0.3, -0.25) is 4.99 Å². The van der Waals surface area contributed by atoms with E-state index in [1.165, 1.54) is 36.6 Å². The van der Waals surface area contributed by atoms with Crippen LogP contribution < -0.4 is 0 Å². The van der Waals surface area contributed by atoms with Gasteiger partial charge >= 0.3 is 0 Å². The van der Waals surface area contributed by atoms with Crippen LogP contribution in [-0.2, 0) is 6.42 Å². The lowest BCUT2D eigenvalue weighted by atomic mass is 9.88. The third-order valence-electron chi connectivity index (χ3n) is 6.07. The third-order valence-corrected chi connectivity index (χ3v) is 6.07. The van der Waals surface area contributed by atoms with Gasteiger partial charge in [-0.15, -0.1) is 11.8 Å². The molecule has 2 nitrogen and oxygen atoms in total. The van der Waals surface area contributed by atoms with Crippen LogP contribution in [-0.4, -0.2) is 10.7 Å². The molecule has 1 aliphatic rings. The average molecular weight is 401 g/mol. The van der Waals surface area contributed by atoms with Gasteiger partial charge in [0.05, 0.1) is 5.69 Å². The summed E-state index contributed by atoms with van der Waals surface area (Å²) in [5.74, 6) is 6.69. The van der Waals surface area contributed by atoms with Gasteiger partial charge in [-0.25, -0.2) is 4.39 Å². The van der Waals surface area contributed by atoms with Gasteiger partial charge < -0.3 is 4.98 Å². The van der Waals surface area contributed by atoms with E-state index in [1.807, 2.05) is 19.2 Å². The van der Waals surface area contributed by atoms with Crippen molar-refractivity contribution in [3.8, 4) is 23.0 Å². The third kappa shape index (κ3) is 4.49. The lowest BCUT2D eigenvalue weighted by Crippen LogP contribution is -2.12. The van der Waals surface area contributed by atoms with Crippen LogP contribution in [0.25, 0.3) is 22.0 Å². The molecular weight excluding hydrogens is 371 g/mol. The molecule has 1 aromatic heterocycles. The molecular formula is C27H29FN2. The highest BCUT2D eigenvalue weighted by Crippen LogP contribution is 2.35. The molecule has 0 radical (unpaired) electrons. The van der Waals surface area contributed by atoms with Crippen molar-refractivity contribution >= 4 is 22.3 Å². The zero-order valence-corrected chi connectivity index (χ0v) is 17.9. The Morgan fingerprint density at radius 3 is 2.87 bits per heavy atom. The van der Waals surface area contributed by atoms with Gasteiger partial charge in [0, 0.05) is 34.8 Å². The quantitative estimate of drug-likeness (QED) is 0.396. The fourth-order valence-corrected chi connectivity index (χ4v) is 4.54. The molecule has 0 spiro atoms. The van der Waals surface area contributed by atoms with Crippen molar-refractivity contribution in [2.45, 2.75) is 58.8 Å². The first-order valence-electron chi connectivity index (χ1n) is 11.0. The number of aromatic amines is 1. The van der Waals surface area contributed by atoms with E-state index in [9.17, 15) is 4.39 Å². The first kappa shape index (κ1) is 20.4. The fourth-order valence-electron chi connectivity index (χ4n) is 4.54. The lowest BCUT2D eigenvalue weighted by molar-refractivity contribution is 0.464. The lowest BCUT2D eigenvalue weighted by Gasteiger charge is -2.21. The molecule has 2 heterocycles. The molecule has 0 bridgehead atoms. The largest absolute Gasteiger partial charge is 0.360 e. The summed E-state index contributed by atoms with van der Waals surface area (Å²) in [6.07, 6.45) is 9.75. The van der Waals surface area contributed by atoms with Gasteiger partial charge in [0.15, 0.2) is 0 Å². The van der Waals surface area contributed by atoms with Crippen LogP contribution in [0.1, 0.15) is 57.9 Å². The number of hydrogen-bond donors (Lipinski definition) is 1. The number of aliphatic imine (C=N–C) groups is 1. The van der Waals surface area contributed by atoms with E-state index in [0.717, 1.165) is 53.4 Å². The van der Waals surface area contributed by atoms with E-state index in [0.29, 0.717) is 5.92 Å². The molecule has 0 aliphatic carbocycles. The van der Waals surface area contributed by atoms with Crippen LogP contribution in [0.3, 0.4) is 0 Å². The highest BCUT2D eigenvalue weighted by Gasteiger charge is 2.17. The predicted molar refractivity (Wildman–Crippen MR) is 125 cm³/mol. The smallest absolute Gasteiger partial charge is 0.125 e. The van der Waals surface area contributed by atoms with E-state index < -0.39 is 0 Å². The summed E-state index contributed by atoms with van der Waals surface area (Å²) >= 11 is 0. The molecule has 30 heavy (non-hydrogen) atoms. The molecule has 1 unspecified atom stereocenters. The number of nitrogens with one attached hydrogen (secondary N) is 1. The van der Waals surface area contributed by atoms with Crippen LogP contribution in [0.5, 0.6) is 0 Å². The molecule has 4 rings (SSSR count). The topological polar surface area (TPSA) is 28.1 Å². The van der Waals surface area contributed by atoms with Gasteiger partial charge in [-0.2, -0.15) is 0 Å². The maximum atomic E-state index is 13.5. The molecule has 3 heteroatoms. The Bertz CT molecular complexity index is 1130. The standard InChI is InChI=1S/C27H29FN2/c1-3-5-6-8-19(7-4-2)15-23-12-9-21-16-20(10-14-26(21)30-23)25-18-29-27-17-22(28)11-13-24(25)27/h10-11,13-14,16-19,29H,4,6-9,12,15H2,1-2H3. The van der Waals surface area contributed by atoms with Crippen LogP contribution >= 0.6 is 0 Å². The van der Waals surface area contributed by atoms with Crippen LogP contribution in [0.4, 0.5) is 10.1 Å². The van der Waals surface area contributed by atoms with Gasteiger partial charge in [-0.05, 0) is 80.0 Å². The molecule has 0 amide bonds. The van der Waals surface area contributed by atoms with Crippen LogP contribution in [0, 0.1) is 23.6 Å². The molecule has 0 saturated heterocycles. The molecule has 0 fully saturated rings. The molecule has 3 aromatic rings. The maximum absolute atomic E-state index is 13.5. The number of hydrogen-bond acceptors (Lipinski definition) is 1. The van der Waals surface area contributed by atoms with E-state index in [-0.39, 0.29) is 5.82 Å². The Kier molecular flexibility index (Phi) is 6.33. The van der Waals surface area contributed by atoms with Crippen LogP contribution in [0.15, 0.2) is 47.6 Å². The van der Waals surface area contributed by atoms with Crippen molar-refractivity contribution in [3.05, 3.63) is 54.0 Å². The SMILES string of the molecule is CC#CCCC(CCC)CC1=Nc2ccc(-c3c[nH]c4cc(F)ccc34)cc2CC1. The zero-order valence-electron chi connectivity index (χ0n) is 17.9. The van der Waals surface area contributed by atoms with Crippen molar-refractivity contribution in [3.63, 3.8) is 0 Å². The molecule has 1 atom stereocenters. The molecule has 154 valence electrons. The summed E-state index contributed by atoms with van der Waals surface area (Å²) in [5.41, 5.74) is 6.85. The van der Waals surface area contributed by atoms with E-state index in [4.69, 9.17) is 4.99 Å². The van der Waals surface area contributed by atoms with Gasteiger partial charge in [0.2, 0.25) is 0 Å². The highest BCUT2D eigenvalue weighted by atomic mass is 19.1. The van der Waals surface area contributed by atoms with Crippen molar-refractivity contribution in [2.24, 2.45) is 10.9 Å². The number of H-pyrrole nitrogens is 1. The number of benzene rings is 2. The Morgan fingerprint density at radius 2 is 2.03 bits per heavy atom. The van der Waals surface area contributed by atoms with Crippen molar-refractivity contribution < 1.29 is 4.39 Å². The first-order valence-corrected chi connectivity index (χ1v) is 11.0. The minimum atomic E-state index is -0.216. The van der Waals surface area contributed by atoms with Crippen molar-refractivity contribution in [1.29, 1.82) is 0 Å². The second kappa shape index (κ2) is 9.30. The van der Waals surface area contributed by atoms with Crippen molar-refractivity contribution in [2.75, 3.05) is 0 Å². The van der Waals surface area contributed by atoms with Gasteiger partial charge in [-0.1, -0.05) is 25.8 Å². The Balaban J connectivity index is 1.54. The van der Waals surface area contributed by atoms with Gasteiger partial charge in [0.25, 0.3) is 0 Å². The number of halogens is 1. The number of aromatic nitrogens is 1. The normalized spacial score (nSPS) is 14.0. The maximum Gasteiger partial charge on any atom is 0.125 e. The molecule has 1 N–H and O–H groups in total. The highest BCUT2D eigenvalue weighted by molar-refractivity contribution is 5.96. The molecule has 0 saturated carbocycles. The zero-order chi connectivity index (χ0) is 20.9. The summed E-state index contributed by atoms with van der Waals surface area (Å²) in [5, 5.41) is 1.05. The fraction of sp³-hybridized carbons (Fsp3) is 0.370. The van der Waals surface area contributed by atoms with Crippen LogP contribution in [0.2, 0.25) is 0 Å². The minimum Gasteiger partial charge on any atom is -0.360 e. The predicted octanol–water partition coefficient (Wildman–Crippen LogP) is 7.60. The monoisotopic (exact) mass is 400 g/mol. The Labute approximate surface area is 178 Å².